The van der Waals surface area contributed by atoms with Crippen molar-refractivity contribution in [1.29, 1.82) is 0 Å². The zero-order valence-corrected chi connectivity index (χ0v) is 11.1. The fourth-order valence-corrected chi connectivity index (χ4v) is 2.93. The van der Waals surface area contributed by atoms with E-state index in [9.17, 15) is 14.7 Å². The lowest BCUT2D eigenvalue weighted by atomic mass is 9.99. The summed E-state index contributed by atoms with van der Waals surface area (Å²) in [5, 5.41) is 10.1. The molecule has 2 heterocycles. The summed E-state index contributed by atoms with van der Waals surface area (Å²) in [5.74, 6) is -1.15. The summed E-state index contributed by atoms with van der Waals surface area (Å²) in [5.41, 5.74) is 1.99. The smallest absolute Gasteiger partial charge is 0.337 e. The van der Waals surface area contributed by atoms with Crippen LogP contribution in [0, 0.1) is 0 Å². The molecule has 0 fully saturated rings. The molecule has 2 aromatic rings. The summed E-state index contributed by atoms with van der Waals surface area (Å²) in [7, 11) is 1.30. The third-order valence-electron chi connectivity index (χ3n) is 3.79. The van der Waals surface area contributed by atoms with Crippen LogP contribution in [0.1, 0.15) is 23.7 Å². The van der Waals surface area contributed by atoms with Gasteiger partial charge in [-0.15, -0.1) is 0 Å². The maximum Gasteiger partial charge on any atom is 0.337 e. The number of hydrogen-bond acceptors (Lipinski definition) is 3. The Labute approximate surface area is 115 Å². The van der Waals surface area contributed by atoms with Crippen molar-refractivity contribution >= 4 is 16.9 Å². The zero-order valence-electron chi connectivity index (χ0n) is 11.1. The second kappa shape index (κ2) is 4.76. The minimum Gasteiger partial charge on any atom is -0.479 e. The molecule has 0 spiro atoms. The first-order valence-electron chi connectivity index (χ1n) is 6.54. The number of para-hydroxylation sites is 1. The molecule has 0 radical (unpaired) electrons. The molecule has 5 nitrogen and oxygen atoms in total. The Balaban J connectivity index is 2.34. The number of aromatic nitrogens is 1. The number of aryl methyl sites for hydroxylation is 2. The molecule has 3 rings (SSSR count). The van der Waals surface area contributed by atoms with Gasteiger partial charge in [0, 0.05) is 13.7 Å². The number of aliphatic carboxylic acids is 1. The molecular weight excluding hydrogens is 258 g/mol. The lowest BCUT2D eigenvalue weighted by Crippen LogP contribution is -2.31. The average molecular weight is 273 g/mol. The Morgan fingerprint density at radius 2 is 2.25 bits per heavy atom. The number of carboxylic acids is 1. The molecule has 1 aliphatic heterocycles. The zero-order chi connectivity index (χ0) is 14.3. The van der Waals surface area contributed by atoms with Gasteiger partial charge in [0.25, 0.3) is 5.56 Å². The van der Waals surface area contributed by atoms with E-state index in [0.717, 1.165) is 29.3 Å². The van der Waals surface area contributed by atoms with Crippen molar-refractivity contribution in [1.82, 2.24) is 4.57 Å². The van der Waals surface area contributed by atoms with E-state index < -0.39 is 12.1 Å². The van der Waals surface area contributed by atoms with Gasteiger partial charge in [0.2, 0.25) is 0 Å². The van der Waals surface area contributed by atoms with E-state index in [1.807, 2.05) is 18.2 Å². The normalized spacial score (nSPS) is 15.2. The maximum atomic E-state index is 12.5. The van der Waals surface area contributed by atoms with Crippen LogP contribution < -0.4 is 5.56 Å². The topological polar surface area (TPSA) is 68.5 Å². The van der Waals surface area contributed by atoms with Crippen molar-refractivity contribution < 1.29 is 14.6 Å². The Morgan fingerprint density at radius 3 is 2.95 bits per heavy atom. The number of rotatable bonds is 3. The highest BCUT2D eigenvalue weighted by Crippen LogP contribution is 2.26. The standard InChI is InChI=1S/C15H15NO4/c1-20-13(15(18)19)11-8-10-5-2-4-9-6-3-7-16(12(9)10)14(11)17/h2,4-5,8,13H,3,6-7H2,1H3,(H,18,19)/t13-/m0/s1. The van der Waals surface area contributed by atoms with Crippen LogP contribution in [0.15, 0.2) is 29.1 Å². The van der Waals surface area contributed by atoms with Gasteiger partial charge < -0.3 is 14.4 Å². The highest BCUT2D eigenvalue weighted by atomic mass is 16.5. The average Bonchev–Trinajstić information content (AvgIpc) is 2.44. The van der Waals surface area contributed by atoms with Gasteiger partial charge in [-0.05, 0) is 29.9 Å². The molecule has 1 aromatic carbocycles. The highest BCUT2D eigenvalue weighted by Gasteiger charge is 2.25. The second-order valence-electron chi connectivity index (χ2n) is 4.97. The van der Waals surface area contributed by atoms with Crippen LogP contribution in [0.4, 0.5) is 0 Å². The number of ether oxygens (including phenoxy) is 1. The molecule has 0 unspecified atom stereocenters. The summed E-state index contributed by atoms with van der Waals surface area (Å²) < 4.78 is 6.64. The van der Waals surface area contributed by atoms with Crippen LogP contribution in [-0.2, 0) is 22.5 Å². The lowest BCUT2D eigenvalue weighted by Gasteiger charge is -2.21. The molecule has 1 N–H and O–H groups in total. The molecule has 0 amide bonds. The summed E-state index contributed by atoms with van der Waals surface area (Å²) in [6, 6.07) is 7.50. The van der Waals surface area contributed by atoms with Gasteiger partial charge >= 0.3 is 5.97 Å². The number of hydrogen-bond donors (Lipinski definition) is 1. The van der Waals surface area contributed by atoms with E-state index in [1.165, 1.54) is 7.11 Å². The van der Waals surface area contributed by atoms with E-state index in [-0.39, 0.29) is 11.1 Å². The van der Waals surface area contributed by atoms with Crippen LogP contribution in [0.3, 0.4) is 0 Å². The second-order valence-corrected chi connectivity index (χ2v) is 4.97. The van der Waals surface area contributed by atoms with Gasteiger partial charge in [-0.3, -0.25) is 4.79 Å². The Hall–Kier alpha value is -2.14. The monoisotopic (exact) mass is 273 g/mol. The minimum absolute atomic E-state index is 0.187. The van der Waals surface area contributed by atoms with Crippen molar-refractivity contribution in [2.45, 2.75) is 25.5 Å². The van der Waals surface area contributed by atoms with E-state index >= 15 is 0 Å². The van der Waals surface area contributed by atoms with Crippen LogP contribution >= 0.6 is 0 Å². The van der Waals surface area contributed by atoms with Crippen molar-refractivity contribution in [3.05, 3.63) is 45.7 Å². The number of pyridine rings is 1. The van der Waals surface area contributed by atoms with Crippen LogP contribution in [0.5, 0.6) is 0 Å². The molecule has 1 aromatic heterocycles. The number of nitrogens with zero attached hydrogens (tertiary/aromatic N) is 1. The predicted octanol–water partition coefficient (Wildman–Crippen LogP) is 1.72. The number of carbonyl (C=O) groups is 1. The molecule has 20 heavy (non-hydrogen) atoms. The molecule has 0 saturated carbocycles. The third-order valence-corrected chi connectivity index (χ3v) is 3.79. The molecule has 0 saturated heterocycles. The molecule has 0 bridgehead atoms. The molecule has 104 valence electrons. The van der Waals surface area contributed by atoms with Gasteiger partial charge in [0.1, 0.15) is 0 Å². The minimum atomic E-state index is -1.22. The fraction of sp³-hybridized carbons (Fsp3) is 0.333. The Bertz CT molecular complexity index is 747. The van der Waals surface area contributed by atoms with Gasteiger partial charge in [-0.25, -0.2) is 4.79 Å². The summed E-state index contributed by atoms with van der Waals surface area (Å²) in [6.07, 6.45) is 0.615. The van der Waals surface area contributed by atoms with Crippen LogP contribution in [0.25, 0.3) is 10.9 Å². The van der Waals surface area contributed by atoms with Crippen molar-refractivity contribution in [3.63, 3.8) is 0 Å². The Kier molecular flexibility index (Phi) is 3.06. The molecule has 5 heteroatoms. The summed E-state index contributed by atoms with van der Waals surface area (Å²) in [4.78, 5) is 23.8. The molecular formula is C15H15NO4. The van der Waals surface area contributed by atoms with E-state index in [2.05, 4.69) is 0 Å². The Morgan fingerprint density at radius 1 is 1.45 bits per heavy atom. The van der Waals surface area contributed by atoms with Crippen molar-refractivity contribution in [2.75, 3.05) is 7.11 Å². The predicted molar refractivity (Wildman–Crippen MR) is 73.9 cm³/mol. The summed E-state index contributed by atoms with van der Waals surface area (Å²) >= 11 is 0. The first-order valence-corrected chi connectivity index (χ1v) is 6.54. The SMILES string of the molecule is CO[C@H](C(=O)O)c1cc2cccc3c2n(c1=O)CCC3. The number of methoxy groups -OCH3 is 1. The fourth-order valence-electron chi connectivity index (χ4n) is 2.93. The maximum absolute atomic E-state index is 12.5. The molecule has 0 aliphatic carbocycles. The van der Waals surface area contributed by atoms with Gasteiger partial charge in [0.15, 0.2) is 6.10 Å². The quantitative estimate of drug-likeness (QED) is 0.924. The van der Waals surface area contributed by atoms with Gasteiger partial charge in [-0.2, -0.15) is 0 Å². The highest BCUT2D eigenvalue weighted by molar-refractivity contribution is 5.85. The number of carboxylic acid groups (broad SMARTS) is 1. The van der Waals surface area contributed by atoms with E-state index in [1.54, 1.807) is 10.6 Å². The van der Waals surface area contributed by atoms with Gasteiger partial charge in [-0.1, -0.05) is 18.2 Å². The van der Waals surface area contributed by atoms with E-state index in [4.69, 9.17) is 4.74 Å². The third kappa shape index (κ3) is 1.82. The van der Waals surface area contributed by atoms with Crippen molar-refractivity contribution in [2.24, 2.45) is 0 Å². The van der Waals surface area contributed by atoms with Crippen LogP contribution in [0.2, 0.25) is 0 Å². The first kappa shape index (κ1) is 12.9. The van der Waals surface area contributed by atoms with Crippen molar-refractivity contribution in [3.8, 4) is 0 Å². The van der Waals surface area contributed by atoms with Gasteiger partial charge in [0.05, 0.1) is 11.1 Å². The number of benzene rings is 1. The summed E-state index contributed by atoms with van der Waals surface area (Å²) in [6.45, 7) is 0.621. The molecule has 1 atom stereocenters. The van der Waals surface area contributed by atoms with E-state index in [0.29, 0.717) is 6.54 Å². The first-order chi connectivity index (χ1) is 9.63. The van der Waals surface area contributed by atoms with Crippen LogP contribution in [-0.4, -0.2) is 22.8 Å². The molecule has 1 aliphatic rings. The largest absolute Gasteiger partial charge is 0.479 e. The lowest BCUT2D eigenvalue weighted by molar-refractivity contribution is -0.149.